The number of amides is 1. The fraction of sp³-hybridized carbons (Fsp3) is 0.118. The largest absolute Gasteiger partial charge is 0.352 e. The fourth-order valence-electron chi connectivity index (χ4n) is 2.25. The van der Waals surface area contributed by atoms with E-state index in [1.807, 2.05) is 43.3 Å². The van der Waals surface area contributed by atoms with Crippen molar-refractivity contribution in [3.63, 3.8) is 0 Å². The van der Waals surface area contributed by atoms with E-state index in [-0.39, 0.29) is 11.2 Å². The zero-order chi connectivity index (χ0) is 16.2. The molecule has 3 aromatic rings. The molecule has 1 heterocycles. The Kier molecular flexibility index (Phi) is 4.39. The van der Waals surface area contributed by atoms with Gasteiger partial charge >= 0.3 is 0 Å². The van der Waals surface area contributed by atoms with Gasteiger partial charge in [0.2, 0.25) is 5.28 Å². The van der Waals surface area contributed by atoms with Gasteiger partial charge in [0.25, 0.3) is 5.91 Å². The molecule has 116 valence electrons. The third-order valence-electron chi connectivity index (χ3n) is 3.32. The summed E-state index contributed by atoms with van der Waals surface area (Å²) in [6, 6.07) is 14.8. The second-order valence-corrected chi connectivity index (χ2v) is 5.26. The molecule has 0 spiro atoms. The lowest BCUT2D eigenvalue weighted by Crippen LogP contribution is -2.22. The number of nitrogens with one attached hydrogen (secondary N) is 2. The predicted octanol–water partition coefficient (Wildman–Crippen LogP) is 3.78. The third kappa shape index (κ3) is 3.40. The summed E-state index contributed by atoms with van der Waals surface area (Å²) in [7, 11) is 0. The molecule has 0 bridgehead atoms. The minimum Gasteiger partial charge on any atom is -0.352 e. The van der Waals surface area contributed by atoms with Gasteiger partial charge in [0.15, 0.2) is 0 Å². The standard InChI is InChI=1S/C17H15ClN4O/c1-2-19-16(23)11-7-9-12(10-8-11)20-15-13-5-3-4-6-14(13)21-17(18)22-15/h3-10H,2H2,1H3,(H,19,23)(H,20,21,22). The average Bonchev–Trinajstić information content (AvgIpc) is 2.55. The number of halogens is 1. The number of carbonyl (C=O) groups excluding carboxylic acids is 1. The highest BCUT2D eigenvalue weighted by molar-refractivity contribution is 6.28. The minimum absolute atomic E-state index is 0.0884. The molecule has 2 aromatic carbocycles. The van der Waals surface area contributed by atoms with E-state index in [0.717, 1.165) is 16.6 Å². The Labute approximate surface area is 138 Å². The first-order valence-electron chi connectivity index (χ1n) is 7.25. The van der Waals surface area contributed by atoms with Crippen molar-refractivity contribution in [3.05, 3.63) is 59.4 Å². The van der Waals surface area contributed by atoms with Crippen LogP contribution < -0.4 is 10.6 Å². The zero-order valence-corrected chi connectivity index (χ0v) is 13.3. The highest BCUT2D eigenvalue weighted by Gasteiger charge is 2.08. The van der Waals surface area contributed by atoms with Gasteiger partial charge < -0.3 is 10.6 Å². The van der Waals surface area contributed by atoms with Gasteiger partial charge in [0.1, 0.15) is 5.82 Å². The van der Waals surface area contributed by atoms with Crippen LogP contribution in [-0.4, -0.2) is 22.4 Å². The van der Waals surface area contributed by atoms with Crippen LogP contribution in [0.4, 0.5) is 11.5 Å². The van der Waals surface area contributed by atoms with Crippen LogP contribution in [0.5, 0.6) is 0 Å². The molecule has 0 aliphatic heterocycles. The maximum absolute atomic E-state index is 11.8. The van der Waals surface area contributed by atoms with Crippen LogP contribution in [0.3, 0.4) is 0 Å². The van der Waals surface area contributed by atoms with Gasteiger partial charge in [-0.2, -0.15) is 4.98 Å². The Balaban J connectivity index is 1.89. The molecule has 1 aromatic heterocycles. The molecule has 23 heavy (non-hydrogen) atoms. The topological polar surface area (TPSA) is 66.9 Å². The van der Waals surface area contributed by atoms with Crippen molar-refractivity contribution in [1.82, 2.24) is 15.3 Å². The number of para-hydroxylation sites is 1. The van der Waals surface area contributed by atoms with E-state index in [4.69, 9.17) is 11.6 Å². The Morgan fingerprint density at radius 3 is 2.57 bits per heavy atom. The molecule has 0 saturated heterocycles. The van der Waals surface area contributed by atoms with Gasteiger partial charge in [-0.15, -0.1) is 0 Å². The van der Waals surface area contributed by atoms with Crippen molar-refractivity contribution in [2.75, 3.05) is 11.9 Å². The number of fused-ring (bicyclic) bond motifs is 1. The second kappa shape index (κ2) is 6.62. The highest BCUT2D eigenvalue weighted by atomic mass is 35.5. The van der Waals surface area contributed by atoms with Gasteiger partial charge in [-0.25, -0.2) is 4.98 Å². The van der Waals surface area contributed by atoms with Crippen LogP contribution in [0.2, 0.25) is 5.28 Å². The third-order valence-corrected chi connectivity index (χ3v) is 3.49. The van der Waals surface area contributed by atoms with Gasteiger partial charge in [0, 0.05) is 23.2 Å². The summed E-state index contributed by atoms with van der Waals surface area (Å²) in [5, 5.41) is 7.05. The van der Waals surface area contributed by atoms with Crippen molar-refractivity contribution < 1.29 is 4.79 Å². The van der Waals surface area contributed by atoms with Crippen LogP contribution in [0, 0.1) is 0 Å². The Hall–Kier alpha value is -2.66. The summed E-state index contributed by atoms with van der Waals surface area (Å²) < 4.78 is 0. The number of rotatable bonds is 4. The molecule has 2 N–H and O–H groups in total. The minimum atomic E-state index is -0.0884. The molecular formula is C17H15ClN4O. The maximum atomic E-state index is 11.8. The molecule has 3 rings (SSSR count). The molecule has 0 atom stereocenters. The first kappa shape index (κ1) is 15.2. The predicted molar refractivity (Wildman–Crippen MR) is 92.3 cm³/mol. The number of anilines is 2. The van der Waals surface area contributed by atoms with Gasteiger partial charge in [-0.1, -0.05) is 12.1 Å². The van der Waals surface area contributed by atoms with E-state index >= 15 is 0 Å². The van der Waals surface area contributed by atoms with Crippen molar-refractivity contribution in [2.45, 2.75) is 6.92 Å². The molecule has 0 radical (unpaired) electrons. The van der Waals surface area contributed by atoms with Crippen molar-refractivity contribution >= 4 is 39.9 Å². The first-order chi connectivity index (χ1) is 11.2. The summed E-state index contributed by atoms with van der Waals surface area (Å²) in [6.45, 7) is 2.49. The lowest BCUT2D eigenvalue weighted by atomic mass is 10.2. The Morgan fingerprint density at radius 1 is 1.09 bits per heavy atom. The maximum Gasteiger partial charge on any atom is 0.251 e. The summed E-state index contributed by atoms with van der Waals surface area (Å²) >= 11 is 5.98. The first-order valence-corrected chi connectivity index (χ1v) is 7.62. The van der Waals surface area contributed by atoms with Crippen LogP contribution in [0.15, 0.2) is 48.5 Å². The van der Waals surface area contributed by atoms with E-state index in [1.165, 1.54) is 0 Å². The molecule has 0 saturated carbocycles. The summed E-state index contributed by atoms with van der Waals surface area (Å²) in [6.07, 6.45) is 0. The molecule has 0 unspecified atom stereocenters. The molecule has 0 fully saturated rings. The fourth-order valence-corrected chi connectivity index (χ4v) is 2.42. The van der Waals surface area contributed by atoms with Crippen molar-refractivity contribution in [3.8, 4) is 0 Å². The van der Waals surface area contributed by atoms with Crippen LogP contribution in [-0.2, 0) is 0 Å². The van der Waals surface area contributed by atoms with E-state index in [0.29, 0.717) is 17.9 Å². The Bertz CT molecular complexity index is 849. The smallest absolute Gasteiger partial charge is 0.251 e. The molecule has 5 nitrogen and oxygen atoms in total. The number of benzene rings is 2. The average molecular weight is 327 g/mol. The zero-order valence-electron chi connectivity index (χ0n) is 12.5. The number of carbonyl (C=O) groups is 1. The normalized spacial score (nSPS) is 10.5. The Morgan fingerprint density at radius 2 is 1.83 bits per heavy atom. The quantitative estimate of drug-likeness (QED) is 0.716. The number of nitrogens with zero attached hydrogens (tertiary/aromatic N) is 2. The summed E-state index contributed by atoms with van der Waals surface area (Å²) in [5.74, 6) is 0.543. The van der Waals surface area contributed by atoms with Gasteiger partial charge in [-0.3, -0.25) is 4.79 Å². The van der Waals surface area contributed by atoms with E-state index in [2.05, 4.69) is 20.6 Å². The molecule has 0 aliphatic rings. The van der Waals surface area contributed by atoms with Crippen LogP contribution in [0.25, 0.3) is 10.9 Å². The van der Waals surface area contributed by atoms with Gasteiger partial charge in [0.05, 0.1) is 5.52 Å². The van der Waals surface area contributed by atoms with Crippen molar-refractivity contribution in [2.24, 2.45) is 0 Å². The van der Waals surface area contributed by atoms with E-state index < -0.39 is 0 Å². The lowest BCUT2D eigenvalue weighted by Gasteiger charge is -2.09. The van der Waals surface area contributed by atoms with E-state index in [9.17, 15) is 4.79 Å². The highest BCUT2D eigenvalue weighted by Crippen LogP contribution is 2.25. The summed E-state index contributed by atoms with van der Waals surface area (Å²) in [5.41, 5.74) is 2.20. The molecule has 0 aliphatic carbocycles. The van der Waals surface area contributed by atoms with Crippen LogP contribution in [0.1, 0.15) is 17.3 Å². The SMILES string of the molecule is CCNC(=O)c1ccc(Nc2nc(Cl)nc3ccccc23)cc1. The summed E-state index contributed by atoms with van der Waals surface area (Å²) in [4.78, 5) is 20.2. The number of hydrogen-bond acceptors (Lipinski definition) is 4. The van der Waals surface area contributed by atoms with Crippen LogP contribution >= 0.6 is 11.6 Å². The van der Waals surface area contributed by atoms with Crippen molar-refractivity contribution in [1.29, 1.82) is 0 Å². The monoisotopic (exact) mass is 326 g/mol. The molecular weight excluding hydrogens is 312 g/mol. The number of hydrogen-bond donors (Lipinski definition) is 2. The lowest BCUT2D eigenvalue weighted by molar-refractivity contribution is 0.0956. The van der Waals surface area contributed by atoms with E-state index in [1.54, 1.807) is 12.1 Å². The molecule has 6 heteroatoms. The molecule has 1 amide bonds. The number of aromatic nitrogens is 2. The second-order valence-electron chi connectivity index (χ2n) is 4.92. The van der Waals surface area contributed by atoms with Gasteiger partial charge in [-0.05, 0) is 54.9 Å².